The first-order chi connectivity index (χ1) is 9.66. The third kappa shape index (κ3) is 4.25. The van der Waals surface area contributed by atoms with Gasteiger partial charge < -0.3 is 5.32 Å². The molecule has 4 nitrogen and oxygen atoms in total. The molecular formula is C17H23N3O. The smallest absolute Gasteiger partial charge is 0.271 e. The number of carbonyl (C=O) groups excluding carboxylic acids is 1. The maximum atomic E-state index is 12.4. The highest BCUT2D eigenvalue weighted by atomic mass is 16.2. The van der Waals surface area contributed by atoms with Crippen molar-refractivity contribution in [1.82, 2.24) is 15.3 Å². The zero-order valence-corrected chi connectivity index (χ0v) is 13.4. The molecule has 0 saturated carbocycles. The molecule has 0 radical (unpaired) electrons. The molecule has 0 fully saturated rings. The predicted octanol–water partition coefficient (Wildman–Crippen LogP) is 3.57. The van der Waals surface area contributed by atoms with Crippen LogP contribution in [0.4, 0.5) is 0 Å². The van der Waals surface area contributed by atoms with Crippen LogP contribution in [-0.2, 0) is 0 Å². The van der Waals surface area contributed by atoms with Gasteiger partial charge in [0.2, 0.25) is 0 Å². The van der Waals surface area contributed by atoms with E-state index in [-0.39, 0.29) is 16.9 Å². The van der Waals surface area contributed by atoms with E-state index in [9.17, 15) is 4.79 Å². The summed E-state index contributed by atoms with van der Waals surface area (Å²) in [4.78, 5) is 21.0. The third-order valence-corrected chi connectivity index (χ3v) is 3.11. The van der Waals surface area contributed by atoms with Crippen molar-refractivity contribution in [1.29, 1.82) is 0 Å². The van der Waals surface area contributed by atoms with Crippen LogP contribution in [0.1, 0.15) is 51.5 Å². The minimum absolute atomic E-state index is 0.145. The van der Waals surface area contributed by atoms with Crippen molar-refractivity contribution in [2.24, 2.45) is 5.41 Å². The normalized spacial score (nSPS) is 12.4. The van der Waals surface area contributed by atoms with E-state index in [0.717, 1.165) is 17.5 Å². The molecule has 2 aromatic rings. The van der Waals surface area contributed by atoms with E-state index in [4.69, 9.17) is 0 Å². The summed E-state index contributed by atoms with van der Waals surface area (Å²) in [6.07, 6.45) is 2.41. The SMILES string of the molecule is CC(C)(C)CC(C)(C)NC(=O)c1cnc2ccccc2n1. The molecule has 21 heavy (non-hydrogen) atoms. The number of amides is 1. The van der Waals surface area contributed by atoms with Crippen LogP contribution in [0.5, 0.6) is 0 Å². The lowest BCUT2D eigenvalue weighted by atomic mass is 9.82. The Morgan fingerprint density at radius 2 is 1.71 bits per heavy atom. The van der Waals surface area contributed by atoms with Gasteiger partial charge in [-0.2, -0.15) is 0 Å². The van der Waals surface area contributed by atoms with Crippen molar-refractivity contribution in [3.05, 3.63) is 36.2 Å². The van der Waals surface area contributed by atoms with Gasteiger partial charge in [-0.25, -0.2) is 4.98 Å². The van der Waals surface area contributed by atoms with Gasteiger partial charge in [0.05, 0.1) is 17.2 Å². The predicted molar refractivity (Wildman–Crippen MR) is 85.2 cm³/mol. The molecule has 112 valence electrons. The average molecular weight is 285 g/mol. The monoisotopic (exact) mass is 285 g/mol. The van der Waals surface area contributed by atoms with Gasteiger partial charge in [-0.15, -0.1) is 0 Å². The molecule has 1 aromatic carbocycles. The fourth-order valence-electron chi connectivity index (χ4n) is 2.81. The van der Waals surface area contributed by atoms with Crippen molar-refractivity contribution in [3.8, 4) is 0 Å². The Morgan fingerprint density at radius 3 is 2.33 bits per heavy atom. The van der Waals surface area contributed by atoms with Gasteiger partial charge in [0, 0.05) is 5.54 Å². The lowest BCUT2D eigenvalue weighted by Gasteiger charge is -2.33. The number of benzene rings is 1. The van der Waals surface area contributed by atoms with Crippen LogP contribution < -0.4 is 5.32 Å². The second-order valence-electron chi connectivity index (χ2n) is 7.32. The molecule has 1 heterocycles. The van der Waals surface area contributed by atoms with Crippen molar-refractivity contribution < 1.29 is 4.79 Å². The van der Waals surface area contributed by atoms with Crippen LogP contribution in [0.15, 0.2) is 30.5 Å². The number of hydrogen-bond donors (Lipinski definition) is 1. The Morgan fingerprint density at radius 1 is 1.10 bits per heavy atom. The van der Waals surface area contributed by atoms with E-state index in [1.165, 1.54) is 6.20 Å². The molecule has 1 N–H and O–H groups in total. The molecule has 2 rings (SSSR count). The molecule has 1 aromatic heterocycles. The quantitative estimate of drug-likeness (QED) is 0.938. The van der Waals surface area contributed by atoms with Gasteiger partial charge in [-0.1, -0.05) is 32.9 Å². The molecule has 0 aliphatic heterocycles. The van der Waals surface area contributed by atoms with Gasteiger partial charge >= 0.3 is 0 Å². The van der Waals surface area contributed by atoms with E-state index in [0.29, 0.717) is 5.69 Å². The Labute approximate surface area is 126 Å². The van der Waals surface area contributed by atoms with Crippen LogP contribution in [0.2, 0.25) is 0 Å². The Kier molecular flexibility index (Phi) is 3.99. The molecule has 0 bridgehead atoms. The Bertz CT molecular complexity index is 656. The van der Waals surface area contributed by atoms with Gasteiger partial charge in [0.1, 0.15) is 5.69 Å². The number of nitrogens with one attached hydrogen (secondary N) is 1. The number of fused-ring (bicyclic) bond motifs is 1. The van der Waals surface area contributed by atoms with Gasteiger partial charge in [-0.3, -0.25) is 9.78 Å². The summed E-state index contributed by atoms with van der Waals surface area (Å²) in [5, 5.41) is 3.05. The second-order valence-corrected chi connectivity index (χ2v) is 7.32. The van der Waals surface area contributed by atoms with Gasteiger partial charge in [0.25, 0.3) is 5.91 Å². The van der Waals surface area contributed by atoms with E-state index < -0.39 is 0 Å². The minimum atomic E-state index is -0.289. The molecule has 4 heteroatoms. The fraction of sp³-hybridized carbons (Fsp3) is 0.471. The Balaban J connectivity index is 2.18. The van der Waals surface area contributed by atoms with E-state index in [2.05, 4.69) is 36.1 Å². The zero-order valence-electron chi connectivity index (χ0n) is 13.4. The summed E-state index contributed by atoms with van der Waals surface area (Å²) in [6, 6.07) is 7.54. The molecule has 0 atom stereocenters. The lowest BCUT2D eigenvalue weighted by Crippen LogP contribution is -2.46. The number of hydrogen-bond acceptors (Lipinski definition) is 3. The van der Waals surface area contributed by atoms with Gasteiger partial charge in [0.15, 0.2) is 0 Å². The molecule has 1 amide bonds. The number of para-hydroxylation sites is 2. The standard InChI is InChI=1S/C17H23N3O/c1-16(2,3)11-17(4,5)20-15(21)14-10-18-12-8-6-7-9-13(12)19-14/h6-10H,11H2,1-5H3,(H,20,21). The highest BCUT2D eigenvalue weighted by Gasteiger charge is 2.27. The molecular weight excluding hydrogens is 262 g/mol. The third-order valence-electron chi connectivity index (χ3n) is 3.11. The summed E-state index contributed by atoms with van der Waals surface area (Å²) in [5.74, 6) is -0.178. The largest absolute Gasteiger partial charge is 0.346 e. The highest BCUT2D eigenvalue weighted by Crippen LogP contribution is 2.27. The topological polar surface area (TPSA) is 54.9 Å². The Hall–Kier alpha value is -1.97. The summed E-state index contributed by atoms with van der Waals surface area (Å²) in [5.41, 5.74) is 1.74. The maximum absolute atomic E-state index is 12.4. The van der Waals surface area contributed by atoms with Crippen molar-refractivity contribution in [2.75, 3.05) is 0 Å². The number of rotatable bonds is 3. The van der Waals surface area contributed by atoms with E-state index in [1.807, 2.05) is 38.1 Å². The van der Waals surface area contributed by atoms with Crippen LogP contribution >= 0.6 is 0 Å². The number of carbonyl (C=O) groups is 1. The van der Waals surface area contributed by atoms with Crippen LogP contribution in [0.3, 0.4) is 0 Å². The number of nitrogens with zero attached hydrogens (tertiary/aromatic N) is 2. The fourth-order valence-corrected chi connectivity index (χ4v) is 2.81. The van der Waals surface area contributed by atoms with Crippen LogP contribution in [0, 0.1) is 5.41 Å². The number of aromatic nitrogens is 2. The maximum Gasteiger partial charge on any atom is 0.271 e. The summed E-state index contributed by atoms with van der Waals surface area (Å²) >= 11 is 0. The van der Waals surface area contributed by atoms with E-state index >= 15 is 0 Å². The lowest BCUT2D eigenvalue weighted by molar-refractivity contribution is 0.0886. The van der Waals surface area contributed by atoms with E-state index in [1.54, 1.807) is 0 Å². The first kappa shape index (κ1) is 15.4. The molecule has 0 aliphatic carbocycles. The van der Waals surface area contributed by atoms with Gasteiger partial charge in [-0.05, 0) is 37.8 Å². The highest BCUT2D eigenvalue weighted by molar-refractivity contribution is 5.94. The first-order valence-electron chi connectivity index (χ1n) is 7.21. The zero-order chi connectivity index (χ0) is 15.7. The summed E-state index contributed by atoms with van der Waals surface area (Å²) in [6.45, 7) is 10.6. The second kappa shape index (κ2) is 5.43. The molecule has 0 spiro atoms. The van der Waals surface area contributed by atoms with Crippen molar-refractivity contribution >= 4 is 16.9 Å². The molecule has 0 aliphatic rings. The minimum Gasteiger partial charge on any atom is -0.346 e. The first-order valence-corrected chi connectivity index (χ1v) is 7.21. The average Bonchev–Trinajstić information content (AvgIpc) is 2.34. The molecule has 0 saturated heterocycles. The van der Waals surface area contributed by atoms with Crippen molar-refractivity contribution in [3.63, 3.8) is 0 Å². The van der Waals surface area contributed by atoms with Crippen LogP contribution in [0.25, 0.3) is 11.0 Å². The molecule has 0 unspecified atom stereocenters. The van der Waals surface area contributed by atoms with Crippen LogP contribution in [-0.4, -0.2) is 21.4 Å². The summed E-state index contributed by atoms with van der Waals surface area (Å²) < 4.78 is 0. The van der Waals surface area contributed by atoms with Crippen molar-refractivity contribution in [2.45, 2.75) is 46.6 Å². The summed E-state index contributed by atoms with van der Waals surface area (Å²) in [7, 11) is 0.